The van der Waals surface area contributed by atoms with Gasteiger partial charge in [-0.1, -0.05) is 0 Å². The topological polar surface area (TPSA) is 71.0 Å². The fourth-order valence-electron chi connectivity index (χ4n) is 0.213. The molecule has 0 aromatic carbocycles. The van der Waals surface area contributed by atoms with Gasteiger partial charge in [0.2, 0.25) is 0 Å². The molecule has 0 saturated heterocycles. The van der Waals surface area contributed by atoms with E-state index >= 15 is 0 Å². The third kappa shape index (κ3) is 7.10. The molecule has 0 saturated carbocycles. The Labute approximate surface area is 54.1 Å². The lowest BCUT2D eigenvalue weighted by Crippen LogP contribution is -2.14. The largest absolute Gasteiger partial charge is 0.390 e. The van der Waals surface area contributed by atoms with Crippen LogP contribution in [0.2, 0.25) is 0 Å². The van der Waals surface area contributed by atoms with E-state index in [0.29, 0.717) is 0 Å². The molecule has 0 fully saturated rings. The molecule has 0 bridgehead atoms. The van der Waals surface area contributed by atoms with E-state index in [1.165, 1.54) is 6.34 Å². The highest BCUT2D eigenvalue weighted by atomic mass is 16.3. The maximum atomic E-state index is 8.93. The van der Waals surface area contributed by atoms with E-state index in [9.17, 15) is 0 Å². The van der Waals surface area contributed by atoms with E-state index in [1.54, 1.807) is 13.8 Å². The minimum atomic E-state index is -1.05. The molecule has 0 atom stereocenters. The van der Waals surface area contributed by atoms with Crippen LogP contribution in [-0.2, 0) is 0 Å². The van der Waals surface area contributed by atoms with Gasteiger partial charge in [0.25, 0.3) is 0 Å². The van der Waals surface area contributed by atoms with Crippen LogP contribution >= 0.6 is 0 Å². The van der Waals surface area contributed by atoms with E-state index in [0.717, 1.165) is 6.34 Å². The van der Waals surface area contributed by atoms with Crippen molar-refractivity contribution in [2.45, 2.75) is 19.6 Å². The average molecular weight is 129 g/mol. The molecule has 0 amide bonds. The van der Waals surface area contributed by atoms with Gasteiger partial charge in [0.05, 0.1) is 6.34 Å². The summed E-state index contributed by atoms with van der Waals surface area (Å²) < 4.78 is 0. The number of aliphatic imine (C=N–C) groups is 2. The van der Waals surface area contributed by atoms with E-state index in [4.69, 9.17) is 10.8 Å². The first-order valence-electron chi connectivity index (χ1n) is 2.56. The monoisotopic (exact) mass is 129 g/mol. The summed E-state index contributed by atoms with van der Waals surface area (Å²) in [5, 5.41) is 8.93. The lowest BCUT2D eigenvalue weighted by Gasteiger charge is -2.07. The van der Waals surface area contributed by atoms with Gasteiger partial charge in [-0.2, -0.15) is 0 Å². The predicted molar refractivity (Wildman–Crippen MR) is 37.5 cm³/mol. The van der Waals surface area contributed by atoms with Crippen LogP contribution in [0.25, 0.3) is 0 Å². The highest BCUT2D eigenvalue weighted by Crippen LogP contribution is 1.99. The molecule has 0 unspecified atom stereocenters. The van der Waals surface area contributed by atoms with Gasteiger partial charge in [0.15, 0.2) is 5.72 Å². The standard InChI is InChI=1S/C5H11N3O/c1-5(2,9)8-4-7-3-6/h3-4,9H,1-2H3,(H2,6,7,8). The minimum absolute atomic E-state index is 1.05. The summed E-state index contributed by atoms with van der Waals surface area (Å²) in [7, 11) is 0. The zero-order valence-electron chi connectivity index (χ0n) is 5.57. The maximum Gasteiger partial charge on any atom is 0.152 e. The molecule has 3 N–H and O–H groups in total. The van der Waals surface area contributed by atoms with Crippen LogP contribution in [0.3, 0.4) is 0 Å². The van der Waals surface area contributed by atoms with Crippen molar-refractivity contribution < 1.29 is 5.11 Å². The van der Waals surface area contributed by atoms with Crippen molar-refractivity contribution in [1.29, 1.82) is 0 Å². The smallest absolute Gasteiger partial charge is 0.152 e. The average Bonchev–Trinajstić information content (AvgIpc) is 1.63. The Kier molecular flexibility index (Phi) is 2.87. The Bertz CT molecular complexity index is 123. The fourth-order valence-corrected chi connectivity index (χ4v) is 0.213. The van der Waals surface area contributed by atoms with Crippen LogP contribution in [0.1, 0.15) is 13.8 Å². The molecule has 0 spiro atoms. The molecule has 9 heavy (non-hydrogen) atoms. The zero-order valence-corrected chi connectivity index (χ0v) is 5.57. The van der Waals surface area contributed by atoms with Crippen LogP contribution in [0, 0.1) is 0 Å². The molecule has 0 aromatic rings. The van der Waals surface area contributed by atoms with Crippen molar-refractivity contribution in [3.63, 3.8) is 0 Å². The van der Waals surface area contributed by atoms with E-state index in [1.807, 2.05) is 0 Å². The normalized spacial score (nSPS) is 13.7. The maximum absolute atomic E-state index is 8.93. The first-order chi connectivity index (χ1) is 4.06. The van der Waals surface area contributed by atoms with Gasteiger partial charge in [0, 0.05) is 0 Å². The summed E-state index contributed by atoms with van der Waals surface area (Å²) >= 11 is 0. The molecule has 0 heterocycles. The van der Waals surface area contributed by atoms with Gasteiger partial charge in [0.1, 0.15) is 6.34 Å². The Balaban J connectivity index is 3.71. The second-order valence-electron chi connectivity index (χ2n) is 2.04. The molecule has 4 heteroatoms. The molecule has 52 valence electrons. The van der Waals surface area contributed by atoms with Gasteiger partial charge in [-0.15, -0.1) is 0 Å². The summed E-state index contributed by atoms with van der Waals surface area (Å²) in [6.45, 7) is 3.10. The first-order valence-corrected chi connectivity index (χ1v) is 2.56. The Morgan fingerprint density at radius 1 is 1.56 bits per heavy atom. The molecule has 0 aliphatic heterocycles. The minimum Gasteiger partial charge on any atom is -0.390 e. The Morgan fingerprint density at radius 2 is 2.11 bits per heavy atom. The zero-order chi connectivity index (χ0) is 7.33. The summed E-state index contributed by atoms with van der Waals surface area (Å²) in [5.74, 6) is 0. The molecule has 0 aliphatic rings. The van der Waals surface area contributed by atoms with Gasteiger partial charge in [-0.3, -0.25) is 0 Å². The Morgan fingerprint density at radius 3 is 2.44 bits per heavy atom. The third-order valence-corrected chi connectivity index (χ3v) is 0.526. The SMILES string of the molecule is CC(C)(O)N=CN=CN. The fraction of sp³-hybridized carbons (Fsp3) is 0.600. The van der Waals surface area contributed by atoms with E-state index in [2.05, 4.69) is 9.98 Å². The molecule has 0 aliphatic carbocycles. The Hall–Kier alpha value is -0.900. The number of nitrogens with zero attached hydrogens (tertiary/aromatic N) is 2. The van der Waals surface area contributed by atoms with Gasteiger partial charge >= 0.3 is 0 Å². The van der Waals surface area contributed by atoms with Crippen molar-refractivity contribution in [3.8, 4) is 0 Å². The lowest BCUT2D eigenvalue weighted by molar-refractivity contribution is 0.0914. The molecule has 0 radical (unpaired) electrons. The highest BCUT2D eigenvalue weighted by Gasteiger charge is 2.05. The number of aliphatic hydroxyl groups is 1. The first kappa shape index (κ1) is 8.10. The van der Waals surface area contributed by atoms with E-state index < -0.39 is 5.72 Å². The van der Waals surface area contributed by atoms with Crippen molar-refractivity contribution in [1.82, 2.24) is 0 Å². The second kappa shape index (κ2) is 3.19. The number of hydrogen-bond acceptors (Lipinski definition) is 2. The van der Waals surface area contributed by atoms with Crippen LogP contribution < -0.4 is 5.73 Å². The summed E-state index contributed by atoms with van der Waals surface area (Å²) in [5.41, 5.74) is 3.84. The van der Waals surface area contributed by atoms with Crippen molar-refractivity contribution in [2.75, 3.05) is 0 Å². The third-order valence-electron chi connectivity index (χ3n) is 0.526. The second-order valence-corrected chi connectivity index (χ2v) is 2.04. The van der Waals surface area contributed by atoms with Crippen molar-refractivity contribution in [3.05, 3.63) is 0 Å². The number of rotatable bonds is 2. The summed E-state index contributed by atoms with van der Waals surface area (Å²) in [6.07, 6.45) is 2.31. The van der Waals surface area contributed by atoms with E-state index in [-0.39, 0.29) is 0 Å². The van der Waals surface area contributed by atoms with Crippen LogP contribution in [0.15, 0.2) is 9.98 Å². The summed E-state index contributed by atoms with van der Waals surface area (Å²) in [4.78, 5) is 7.06. The van der Waals surface area contributed by atoms with Crippen LogP contribution in [0.4, 0.5) is 0 Å². The van der Waals surface area contributed by atoms with Gasteiger partial charge in [-0.25, -0.2) is 9.98 Å². The molecule has 4 nitrogen and oxygen atoms in total. The lowest BCUT2D eigenvalue weighted by atomic mass is 10.3. The molecule has 0 rings (SSSR count). The van der Waals surface area contributed by atoms with Crippen LogP contribution in [-0.4, -0.2) is 23.5 Å². The van der Waals surface area contributed by atoms with Crippen LogP contribution in [0.5, 0.6) is 0 Å². The highest BCUT2D eigenvalue weighted by molar-refractivity contribution is 5.69. The molecular weight excluding hydrogens is 118 g/mol. The summed E-state index contributed by atoms with van der Waals surface area (Å²) in [6, 6.07) is 0. The van der Waals surface area contributed by atoms with Crippen molar-refractivity contribution in [2.24, 2.45) is 15.7 Å². The molecular formula is C5H11N3O. The number of nitrogens with two attached hydrogens (primary N) is 1. The van der Waals surface area contributed by atoms with Gasteiger partial charge in [-0.05, 0) is 13.8 Å². The van der Waals surface area contributed by atoms with Crippen molar-refractivity contribution >= 4 is 12.7 Å². The number of hydrogen-bond donors (Lipinski definition) is 2. The van der Waals surface area contributed by atoms with Gasteiger partial charge < -0.3 is 10.8 Å². The molecule has 0 aromatic heterocycles. The quantitative estimate of drug-likeness (QED) is 0.398. The predicted octanol–water partition coefficient (Wildman–Crippen LogP) is -0.270.